The lowest BCUT2D eigenvalue weighted by molar-refractivity contribution is 0.0700. The summed E-state index contributed by atoms with van der Waals surface area (Å²) in [7, 11) is 0. The predicted molar refractivity (Wildman–Crippen MR) is 94.0 cm³/mol. The second-order valence-corrected chi connectivity index (χ2v) is 7.10. The van der Waals surface area contributed by atoms with Crippen LogP contribution in [0.3, 0.4) is 0 Å². The third kappa shape index (κ3) is 4.17. The number of rotatable bonds is 4. The van der Waals surface area contributed by atoms with E-state index in [1.165, 1.54) is 11.3 Å². The average Bonchev–Trinajstić information content (AvgIpc) is 3.03. The summed E-state index contributed by atoms with van der Waals surface area (Å²) in [6.45, 7) is 3.19. The van der Waals surface area contributed by atoms with E-state index in [-0.39, 0.29) is 18.6 Å². The number of aromatic nitrogens is 1. The summed E-state index contributed by atoms with van der Waals surface area (Å²) in [5, 5.41) is 10.0. The molecular formula is C18H20N2O4S. The number of carboxylic acid groups (broad SMARTS) is 1. The highest BCUT2D eigenvalue weighted by molar-refractivity contribution is 7.13. The van der Waals surface area contributed by atoms with Gasteiger partial charge in [0.2, 0.25) is 0 Å². The first kappa shape index (κ1) is 17.4. The number of thiazole rings is 1. The van der Waals surface area contributed by atoms with Crippen LogP contribution in [0.2, 0.25) is 0 Å². The number of carbonyl (C=O) groups excluding carboxylic acids is 1. The lowest BCUT2D eigenvalue weighted by atomic mass is 9.98. The van der Waals surface area contributed by atoms with Crippen molar-refractivity contribution in [2.24, 2.45) is 0 Å². The van der Waals surface area contributed by atoms with E-state index in [1.54, 1.807) is 11.8 Å². The molecule has 0 atom stereocenters. The lowest BCUT2D eigenvalue weighted by Crippen LogP contribution is -2.38. The molecule has 1 aliphatic rings. The van der Waals surface area contributed by atoms with Gasteiger partial charge in [-0.25, -0.2) is 14.6 Å². The van der Waals surface area contributed by atoms with Gasteiger partial charge in [0.05, 0.1) is 10.7 Å². The minimum absolute atomic E-state index is 0.204. The van der Waals surface area contributed by atoms with Gasteiger partial charge in [-0.05, 0) is 25.3 Å². The smallest absolute Gasteiger partial charge is 0.410 e. The van der Waals surface area contributed by atoms with Crippen LogP contribution in [0.25, 0.3) is 0 Å². The fraction of sp³-hybridized carbons (Fsp3) is 0.389. The number of likely N-dealkylation sites (tertiary alicyclic amines) is 1. The van der Waals surface area contributed by atoms with Gasteiger partial charge in [0.1, 0.15) is 11.5 Å². The number of piperidine rings is 1. The Morgan fingerprint density at radius 3 is 2.56 bits per heavy atom. The van der Waals surface area contributed by atoms with Crippen LogP contribution >= 0.6 is 11.3 Å². The summed E-state index contributed by atoms with van der Waals surface area (Å²) < 4.78 is 5.36. The Morgan fingerprint density at radius 2 is 1.96 bits per heavy atom. The predicted octanol–water partition coefficient (Wildman–Crippen LogP) is 3.67. The first-order valence-electron chi connectivity index (χ1n) is 8.21. The molecule has 25 heavy (non-hydrogen) atoms. The molecule has 132 valence electrons. The molecule has 1 aromatic heterocycles. The van der Waals surface area contributed by atoms with Crippen molar-refractivity contribution in [3.05, 3.63) is 51.5 Å². The Hall–Kier alpha value is -2.41. The molecule has 1 aromatic carbocycles. The number of nitrogens with zero attached hydrogens (tertiary/aromatic N) is 2. The standard InChI is InChI=1S/C18H20N2O4S/c1-12-15(17(21)22)25-16(19-12)14-7-9-20(10-8-14)18(23)24-11-13-5-3-2-4-6-13/h2-6,14H,7-11H2,1H3,(H,21,22). The summed E-state index contributed by atoms with van der Waals surface area (Å²) in [6, 6.07) is 9.59. The molecule has 1 amide bonds. The van der Waals surface area contributed by atoms with Crippen molar-refractivity contribution in [3.8, 4) is 0 Å². The minimum atomic E-state index is -0.928. The maximum Gasteiger partial charge on any atom is 0.410 e. The summed E-state index contributed by atoms with van der Waals surface area (Å²) in [6.07, 6.45) is 1.24. The van der Waals surface area contributed by atoms with Gasteiger partial charge < -0.3 is 14.7 Å². The Bertz CT molecular complexity index is 752. The molecule has 6 nitrogen and oxygen atoms in total. The minimum Gasteiger partial charge on any atom is -0.477 e. The van der Waals surface area contributed by atoms with Gasteiger partial charge in [0, 0.05) is 19.0 Å². The van der Waals surface area contributed by atoms with E-state index in [4.69, 9.17) is 9.84 Å². The molecule has 2 heterocycles. The van der Waals surface area contributed by atoms with E-state index in [9.17, 15) is 9.59 Å². The second kappa shape index (κ2) is 7.65. The van der Waals surface area contributed by atoms with Crippen molar-refractivity contribution in [2.45, 2.75) is 32.3 Å². The van der Waals surface area contributed by atoms with Crippen molar-refractivity contribution < 1.29 is 19.4 Å². The lowest BCUT2D eigenvalue weighted by Gasteiger charge is -2.30. The van der Waals surface area contributed by atoms with Gasteiger partial charge in [-0.2, -0.15) is 0 Å². The van der Waals surface area contributed by atoms with Crippen molar-refractivity contribution in [3.63, 3.8) is 0 Å². The molecule has 2 aromatic rings. The van der Waals surface area contributed by atoms with Gasteiger partial charge in [-0.15, -0.1) is 11.3 Å². The molecule has 3 rings (SSSR count). The molecule has 0 spiro atoms. The highest BCUT2D eigenvalue weighted by atomic mass is 32.1. The number of aromatic carboxylic acids is 1. The Balaban J connectivity index is 1.52. The zero-order valence-corrected chi connectivity index (χ0v) is 14.8. The van der Waals surface area contributed by atoms with Gasteiger partial charge >= 0.3 is 12.1 Å². The Labute approximate surface area is 150 Å². The van der Waals surface area contributed by atoms with Crippen LogP contribution in [0, 0.1) is 6.92 Å². The molecule has 1 fully saturated rings. The van der Waals surface area contributed by atoms with E-state index in [1.807, 2.05) is 30.3 Å². The summed E-state index contributed by atoms with van der Waals surface area (Å²) in [5.74, 6) is -0.724. The number of benzene rings is 1. The van der Waals surface area contributed by atoms with Crippen LogP contribution in [-0.4, -0.2) is 40.1 Å². The van der Waals surface area contributed by atoms with Crippen LogP contribution in [-0.2, 0) is 11.3 Å². The van der Waals surface area contributed by atoms with E-state index < -0.39 is 5.97 Å². The van der Waals surface area contributed by atoms with Crippen molar-refractivity contribution in [1.29, 1.82) is 0 Å². The first-order chi connectivity index (χ1) is 12.0. The molecule has 0 aliphatic carbocycles. The van der Waals surface area contributed by atoms with E-state index in [0.29, 0.717) is 23.7 Å². The topological polar surface area (TPSA) is 79.7 Å². The zero-order valence-electron chi connectivity index (χ0n) is 14.0. The van der Waals surface area contributed by atoms with Gasteiger partial charge in [-0.3, -0.25) is 0 Å². The highest BCUT2D eigenvalue weighted by Crippen LogP contribution is 2.32. The fourth-order valence-corrected chi connectivity index (χ4v) is 3.98. The van der Waals surface area contributed by atoms with Crippen LogP contribution in [0.4, 0.5) is 4.79 Å². The molecule has 0 bridgehead atoms. The van der Waals surface area contributed by atoms with E-state index >= 15 is 0 Å². The van der Waals surface area contributed by atoms with Crippen molar-refractivity contribution in [1.82, 2.24) is 9.88 Å². The maximum absolute atomic E-state index is 12.2. The Morgan fingerprint density at radius 1 is 1.28 bits per heavy atom. The number of carboxylic acids is 1. The summed E-state index contributed by atoms with van der Waals surface area (Å²) in [5.41, 5.74) is 1.53. The third-order valence-electron chi connectivity index (χ3n) is 4.31. The first-order valence-corrected chi connectivity index (χ1v) is 9.02. The van der Waals surface area contributed by atoms with Crippen LogP contribution in [0.15, 0.2) is 30.3 Å². The zero-order chi connectivity index (χ0) is 17.8. The molecule has 0 saturated carbocycles. The van der Waals surface area contributed by atoms with Crippen LogP contribution < -0.4 is 0 Å². The third-order valence-corrected chi connectivity index (χ3v) is 5.62. The fourth-order valence-electron chi connectivity index (χ4n) is 2.91. The summed E-state index contributed by atoms with van der Waals surface area (Å²) in [4.78, 5) is 29.7. The average molecular weight is 360 g/mol. The molecule has 0 unspecified atom stereocenters. The van der Waals surface area contributed by atoms with E-state index in [0.717, 1.165) is 23.4 Å². The highest BCUT2D eigenvalue weighted by Gasteiger charge is 2.28. The Kier molecular flexibility index (Phi) is 5.33. The van der Waals surface area contributed by atoms with Crippen LogP contribution in [0.1, 0.15) is 44.7 Å². The van der Waals surface area contributed by atoms with Crippen LogP contribution in [0.5, 0.6) is 0 Å². The molecular weight excluding hydrogens is 340 g/mol. The number of amides is 1. The van der Waals surface area contributed by atoms with Crippen molar-refractivity contribution in [2.75, 3.05) is 13.1 Å². The monoisotopic (exact) mass is 360 g/mol. The number of hydrogen-bond donors (Lipinski definition) is 1. The molecule has 7 heteroatoms. The SMILES string of the molecule is Cc1nc(C2CCN(C(=O)OCc3ccccc3)CC2)sc1C(=O)O. The van der Waals surface area contributed by atoms with Gasteiger partial charge in [0.15, 0.2) is 0 Å². The number of carbonyl (C=O) groups is 2. The molecule has 1 N–H and O–H groups in total. The largest absolute Gasteiger partial charge is 0.477 e. The quantitative estimate of drug-likeness (QED) is 0.900. The van der Waals surface area contributed by atoms with Gasteiger partial charge in [-0.1, -0.05) is 30.3 Å². The van der Waals surface area contributed by atoms with Crippen molar-refractivity contribution >= 4 is 23.4 Å². The second-order valence-electron chi connectivity index (χ2n) is 6.07. The molecule has 0 radical (unpaired) electrons. The van der Waals surface area contributed by atoms with Gasteiger partial charge in [0.25, 0.3) is 0 Å². The molecule has 1 aliphatic heterocycles. The normalized spacial score (nSPS) is 15.2. The number of aryl methyl sites for hydroxylation is 1. The molecule has 1 saturated heterocycles. The number of hydrogen-bond acceptors (Lipinski definition) is 5. The maximum atomic E-state index is 12.2. The summed E-state index contributed by atoms with van der Waals surface area (Å²) >= 11 is 1.25. The van der Waals surface area contributed by atoms with E-state index in [2.05, 4.69) is 4.98 Å². The number of ether oxygens (including phenoxy) is 1.